The molecule has 38 heavy (non-hydrogen) atoms. The van der Waals surface area contributed by atoms with Crippen molar-refractivity contribution >= 4 is 29.3 Å². The van der Waals surface area contributed by atoms with Crippen LogP contribution in [-0.4, -0.2) is 59.0 Å². The maximum atomic E-state index is 14.0. The monoisotopic (exact) mass is 531 g/mol. The van der Waals surface area contributed by atoms with Gasteiger partial charge in [-0.3, -0.25) is 19.3 Å². The van der Waals surface area contributed by atoms with Gasteiger partial charge < -0.3 is 15.0 Å². The van der Waals surface area contributed by atoms with E-state index >= 15 is 0 Å². The number of halogens is 1. The number of hydrogen-bond acceptors (Lipinski definition) is 4. The van der Waals surface area contributed by atoms with Crippen LogP contribution in [0.1, 0.15) is 44.7 Å². The van der Waals surface area contributed by atoms with Crippen LogP contribution in [0.15, 0.2) is 78.9 Å². The first-order valence-electron chi connectivity index (χ1n) is 12.8. The summed E-state index contributed by atoms with van der Waals surface area (Å²) in [6.45, 7) is 3.12. The van der Waals surface area contributed by atoms with E-state index in [1.54, 1.807) is 40.1 Å². The van der Waals surface area contributed by atoms with Gasteiger partial charge in [-0.15, -0.1) is 0 Å². The zero-order chi connectivity index (χ0) is 26.7. The minimum absolute atomic E-state index is 0.0977. The molecular weight excluding hydrogens is 502 g/mol. The summed E-state index contributed by atoms with van der Waals surface area (Å²) in [5, 5.41) is 3.48. The normalized spacial score (nSPS) is 18.4. The van der Waals surface area contributed by atoms with Crippen LogP contribution in [0.3, 0.4) is 0 Å². The fourth-order valence-electron chi connectivity index (χ4n) is 5.28. The number of carbonyl (C=O) groups excluding carboxylic acids is 3. The Bertz CT molecular complexity index is 1340. The Hall–Kier alpha value is -3.68. The maximum Gasteiger partial charge on any atom is 0.257 e. The smallest absolute Gasteiger partial charge is 0.257 e. The van der Waals surface area contributed by atoms with Crippen LogP contribution in [0, 0.1) is 6.92 Å². The van der Waals surface area contributed by atoms with E-state index in [0.29, 0.717) is 48.6 Å². The highest BCUT2D eigenvalue weighted by Gasteiger charge is 2.54. The molecule has 0 radical (unpaired) electrons. The van der Waals surface area contributed by atoms with Crippen molar-refractivity contribution in [2.75, 3.05) is 19.7 Å². The summed E-state index contributed by atoms with van der Waals surface area (Å²) >= 11 is 6.09. The lowest BCUT2D eigenvalue weighted by Crippen LogP contribution is -2.59. The molecule has 0 saturated carbocycles. The molecule has 7 nitrogen and oxygen atoms in total. The Morgan fingerprint density at radius 2 is 1.66 bits per heavy atom. The van der Waals surface area contributed by atoms with Crippen LogP contribution < -0.4 is 5.32 Å². The van der Waals surface area contributed by atoms with Crippen LogP contribution in [0.4, 0.5) is 0 Å². The van der Waals surface area contributed by atoms with Crippen molar-refractivity contribution < 1.29 is 19.1 Å². The lowest BCUT2D eigenvalue weighted by Gasteiger charge is -2.44. The molecule has 0 aliphatic carbocycles. The number of ether oxygens (including phenoxy) is 1. The first-order chi connectivity index (χ1) is 18.4. The molecule has 1 unspecified atom stereocenters. The molecule has 1 atom stereocenters. The third kappa shape index (κ3) is 5.17. The number of amides is 3. The zero-order valence-electron chi connectivity index (χ0n) is 21.2. The number of aryl methyl sites for hydroxylation is 1. The number of likely N-dealkylation sites (tertiary alicyclic amines) is 1. The Morgan fingerprint density at radius 3 is 2.37 bits per heavy atom. The molecule has 2 aliphatic heterocycles. The second-order valence-electron chi connectivity index (χ2n) is 9.77. The molecule has 8 heteroatoms. The van der Waals surface area contributed by atoms with E-state index in [1.165, 1.54) is 0 Å². The summed E-state index contributed by atoms with van der Waals surface area (Å²) in [6.07, 6.45) is 0.804. The third-order valence-electron chi connectivity index (χ3n) is 7.37. The Kier molecular flexibility index (Phi) is 7.49. The highest BCUT2D eigenvalue weighted by molar-refractivity contribution is 6.30. The van der Waals surface area contributed by atoms with Gasteiger partial charge in [-0.25, -0.2) is 0 Å². The van der Waals surface area contributed by atoms with Crippen molar-refractivity contribution in [2.24, 2.45) is 0 Å². The topological polar surface area (TPSA) is 79.0 Å². The van der Waals surface area contributed by atoms with Crippen molar-refractivity contribution in [3.63, 3.8) is 0 Å². The molecule has 3 amide bonds. The molecule has 1 spiro atoms. The van der Waals surface area contributed by atoms with Crippen LogP contribution >= 0.6 is 11.6 Å². The number of carbonyl (C=O) groups is 3. The van der Waals surface area contributed by atoms with E-state index in [9.17, 15) is 14.4 Å². The molecule has 2 saturated heterocycles. The third-order valence-corrected chi connectivity index (χ3v) is 7.61. The average molecular weight is 532 g/mol. The summed E-state index contributed by atoms with van der Waals surface area (Å²) in [5.41, 5.74) is 1.89. The van der Waals surface area contributed by atoms with Crippen molar-refractivity contribution in [1.82, 2.24) is 15.1 Å². The number of piperidine rings is 1. The van der Waals surface area contributed by atoms with Gasteiger partial charge in [-0.05, 0) is 42.3 Å². The Morgan fingerprint density at radius 1 is 0.947 bits per heavy atom. The Labute approximate surface area is 227 Å². The van der Waals surface area contributed by atoms with Gasteiger partial charge in [0.05, 0.1) is 6.61 Å². The van der Waals surface area contributed by atoms with Crippen molar-refractivity contribution in [3.8, 4) is 0 Å². The summed E-state index contributed by atoms with van der Waals surface area (Å²) in [7, 11) is 0. The SMILES string of the molecule is Cc1ccccc1C(=O)N1C(C(=O)NCc2ccccc2)COC12CCN(C(=O)c1cccc(Cl)c1)CC2. The fraction of sp³-hybridized carbons (Fsp3) is 0.300. The van der Waals surface area contributed by atoms with E-state index in [-0.39, 0.29) is 24.3 Å². The molecule has 0 bridgehead atoms. The molecule has 3 aromatic rings. The standard InChI is InChI=1S/C30H30ClN3O4/c1-21-8-5-6-13-25(21)29(37)34-26(27(35)32-19-22-9-3-2-4-10-22)20-38-30(34)14-16-33(17-15-30)28(36)23-11-7-12-24(31)18-23/h2-13,18,26H,14-17,19-20H2,1H3,(H,32,35). The van der Waals surface area contributed by atoms with Crippen molar-refractivity contribution in [1.29, 1.82) is 0 Å². The summed E-state index contributed by atoms with van der Waals surface area (Å²) in [5.74, 6) is -0.616. The second kappa shape index (κ2) is 11.0. The highest BCUT2D eigenvalue weighted by Crippen LogP contribution is 2.39. The molecule has 5 rings (SSSR count). The maximum absolute atomic E-state index is 14.0. The number of benzene rings is 3. The van der Waals surface area contributed by atoms with Gasteiger partial charge >= 0.3 is 0 Å². The van der Waals surface area contributed by atoms with E-state index in [1.807, 2.05) is 55.5 Å². The minimum atomic E-state index is -0.973. The fourth-order valence-corrected chi connectivity index (χ4v) is 5.47. The average Bonchev–Trinajstić information content (AvgIpc) is 3.30. The quantitative estimate of drug-likeness (QED) is 0.528. The van der Waals surface area contributed by atoms with Gasteiger partial charge in [0.1, 0.15) is 11.8 Å². The molecular formula is C30H30ClN3O4. The molecule has 196 valence electrons. The Balaban J connectivity index is 1.37. The number of nitrogens with zero attached hydrogens (tertiary/aromatic N) is 2. The summed E-state index contributed by atoms with van der Waals surface area (Å²) in [4.78, 5) is 43.9. The minimum Gasteiger partial charge on any atom is -0.353 e. The van der Waals surface area contributed by atoms with E-state index in [0.717, 1.165) is 11.1 Å². The highest BCUT2D eigenvalue weighted by atomic mass is 35.5. The first-order valence-corrected chi connectivity index (χ1v) is 13.2. The zero-order valence-corrected chi connectivity index (χ0v) is 22.0. The molecule has 1 N–H and O–H groups in total. The van der Waals surface area contributed by atoms with Gasteiger partial charge in [0, 0.05) is 48.6 Å². The van der Waals surface area contributed by atoms with Crippen molar-refractivity contribution in [2.45, 2.75) is 38.1 Å². The lowest BCUT2D eigenvalue weighted by molar-refractivity contribution is -0.128. The summed E-state index contributed by atoms with van der Waals surface area (Å²) < 4.78 is 6.30. The second-order valence-corrected chi connectivity index (χ2v) is 10.2. The van der Waals surface area contributed by atoms with Crippen LogP contribution in [0.2, 0.25) is 5.02 Å². The number of hydrogen-bond donors (Lipinski definition) is 1. The molecule has 3 aromatic carbocycles. The summed E-state index contributed by atoms with van der Waals surface area (Å²) in [6, 6.07) is 23.1. The number of rotatable bonds is 5. The predicted octanol–water partition coefficient (Wildman–Crippen LogP) is 4.44. The van der Waals surface area contributed by atoms with Gasteiger partial charge in [0.25, 0.3) is 11.8 Å². The largest absolute Gasteiger partial charge is 0.353 e. The molecule has 2 aliphatic rings. The van der Waals surface area contributed by atoms with Gasteiger partial charge in [-0.2, -0.15) is 0 Å². The molecule has 2 heterocycles. The van der Waals surface area contributed by atoms with E-state index in [4.69, 9.17) is 16.3 Å². The van der Waals surface area contributed by atoms with E-state index < -0.39 is 11.8 Å². The van der Waals surface area contributed by atoms with Crippen molar-refractivity contribution in [3.05, 3.63) is 106 Å². The van der Waals surface area contributed by atoms with Gasteiger partial charge in [-0.1, -0.05) is 66.2 Å². The first kappa shape index (κ1) is 25.9. The lowest BCUT2D eigenvalue weighted by atomic mass is 9.95. The van der Waals surface area contributed by atoms with Crippen LogP contribution in [0.5, 0.6) is 0 Å². The molecule has 2 fully saturated rings. The van der Waals surface area contributed by atoms with Gasteiger partial charge in [0.2, 0.25) is 5.91 Å². The van der Waals surface area contributed by atoms with Crippen LogP contribution in [0.25, 0.3) is 0 Å². The van der Waals surface area contributed by atoms with Gasteiger partial charge in [0.15, 0.2) is 0 Å². The predicted molar refractivity (Wildman–Crippen MR) is 145 cm³/mol. The number of nitrogens with one attached hydrogen (secondary N) is 1. The van der Waals surface area contributed by atoms with E-state index in [2.05, 4.69) is 5.32 Å². The molecule has 0 aromatic heterocycles. The van der Waals surface area contributed by atoms with Crippen LogP contribution in [-0.2, 0) is 16.1 Å².